The molecule has 0 aromatic heterocycles. The molecule has 1 N–H and O–H groups in total. The minimum atomic E-state index is -0.445. The Morgan fingerprint density at radius 3 is 2.93 bits per heavy atom. The molecule has 2 rings (SSSR count). The van der Waals surface area contributed by atoms with Gasteiger partial charge in [0, 0.05) is 13.0 Å². The lowest BCUT2D eigenvalue weighted by atomic mass is 9.96. The van der Waals surface area contributed by atoms with Crippen molar-refractivity contribution in [2.45, 2.75) is 45.1 Å². The van der Waals surface area contributed by atoms with Gasteiger partial charge < -0.3 is 0 Å². The highest BCUT2D eigenvalue weighted by Gasteiger charge is 2.53. The Labute approximate surface area is 85.2 Å². The maximum atomic E-state index is 11.7. The van der Waals surface area contributed by atoms with Gasteiger partial charge in [-0.15, -0.1) is 0 Å². The summed E-state index contributed by atoms with van der Waals surface area (Å²) in [5.41, 5.74) is 2.51. The smallest absolute Gasteiger partial charge is 0.167 e. The standard InChI is InChI=1S/C11H19NO2/c1-8(2)7-12-14-11-4-3-9(6-11)5-10(11)13/h8-9,12H,3-7H2,1-2H3. The highest BCUT2D eigenvalue weighted by Crippen LogP contribution is 2.47. The summed E-state index contributed by atoms with van der Waals surface area (Å²) in [6.07, 6.45) is 3.76. The zero-order valence-electron chi connectivity index (χ0n) is 9.01. The number of carbonyl (C=O) groups is 1. The Balaban J connectivity index is 1.86. The Morgan fingerprint density at radius 2 is 2.43 bits per heavy atom. The molecule has 2 atom stereocenters. The van der Waals surface area contributed by atoms with E-state index in [4.69, 9.17) is 4.84 Å². The van der Waals surface area contributed by atoms with E-state index in [1.165, 1.54) is 0 Å². The van der Waals surface area contributed by atoms with Crippen molar-refractivity contribution in [1.29, 1.82) is 0 Å². The number of hydroxylamine groups is 1. The van der Waals surface area contributed by atoms with Gasteiger partial charge in [0.05, 0.1) is 0 Å². The molecule has 0 amide bonds. The molecule has 0 aromatic carbocycles. The maximum absolute atomic E-state index is 11.7. The van der Waals surface area contributed by atoms with E-state index in [1.54, 1.807) is 0 Å². The minimum Gasteiger partial charge on any atom is -0.296 e. The summed E-state index contributed by atoms with van der Waals surface area (Å²) in [5, 5.41) is 0. The number of hydrogen-bond acceptors (Lipinski definition) is 3. The molecule has 2 bridgehead atoms. The van der Waals surface area contributed by atoms with Crippen molar-refractivity contribution >= 4 is 5.78 Å². The van der Waals surface area contributed by atoms with Crippen LogP contribution in [0.3, 0.4) is 0 Å². The van der Waals surface area contributed by atoms with E-state index < -0.39 is 5.60 Å². The highest BCUT2D eigenvalue weighted by atomic mass is 16.7. The lowest BCUT2D eigenvalue weighted by Gasteiger charge is -2.25. The minimum absolute atomic E-state index is 0.310. The second-order valence-corrected chi connectivity index (χ2v) is 5.07. The van der Waals surface area contributed by atoms with Crippen LogP contribution in [0.15, 0.2) is 0 Å². The van der Waals surface area contributed by atoms with Gasteiger partial charge in [0.2, 0.25) is 0 Å². The van der Waals surface area contributed by atoms with E-state index in [1.807, 2.05) is 0 Å². The molecule has 0 spiro atoms. The molecule has 0 aliphatic heterocycles. The van der Waals surface area contributed by atoms with Crippen LogP contribution in [0.4, 0.5) is 0 Å². The number of Topliss-reactive ketones (excluding diaryl/α,β-unsaturated/α-hetero) is 1. The van der Waals surface area contributed by atoms with E-state index in [9.17, 15) is 4.79 Å². The van der Waals surface area contributed by atoms with Gasteiger partial charge in [0.25, 0.3) is 0 Å². The molecule has 0 aromatic rings. The fourth-order valence-corrected chi connectivity index (χ4v) is 2.48. The average Bonchev–Trinajstić information content (AvgIpc) is 2.60. The molecule has 3 nitrogen and oxygen atoms in total. The molecule has 3 heteroatoms. The Bertz CT molecular complexity index is 239. The van der Waals surface area contributed by atoms with Crippen LogP contribution in [-0.4, -0.2) is 17.9 Å². The second-order valence-electron chi connectivity index (χ2n) is 5.07. The molecule has 2 aliphatic rings. The summed E-state index contributed by atoms with van der Waals surface area (Å²) < 4.78 is 0. The van der Waals surface area contributed by atoms with Crippen molar-refractivity contribution in [2.75, 3.05) is 6.54 Å². The third kappa shape index (κ3) is 1.71. The molecular weight excluding hydrogens is 178 g/mol. The van der Waals surface area contributed by atoms with Crippen molar-refractivity contribution in [3.05, 3.63) is 0 Å². The molecule has 2 unspecified atom stereocenters. The lowest BCUT2D eigenvalue weighted by Crippen LogP contribution is -2.41. The highest BCUT2D eigenvalue weighted by molar-refractivity contribution is 5.90. The van der Waals surface area contributed by atoms with Crippen LogP contribution in [0, 0.1) is 11.8 Å². The largest absolute Gasteiger partial charge is 0.296 e. The third-order valence-corrected chi connectivity index (χ3v) is 3.32. The number of hydrogen-bond donors (Lipinski definition) is 1. The lowest BCUT2D eigenvalue weighted by molar-refractivity contribution is -0.152. The summed E-state index contributed by atoms with van der Waals surface area (Å²) in [5.74, 6) is 1.47. The van der Waals surface area contributed by atoms with Crippen molar-refractivity contribution in [2.24, 2.45) is 11.8 Å². The Hall–Kier alpha value is -0.410. The Kier molecular flexibility index (Phi) is 2.62. The van der Waals surface area contributed by atoms with Crippen LogP contribution in [0.5, 0.6) is 0 Å². The molecule has 0 saturated heterocycles. The van der Waals surface area contributed by atoms with Gasteiger partial charge in [-0.25, -0.2) is 5.48 Å². The quantitative estimate of drug-likeness (QED) is 0.697. The zero-order valence-corrected chi connectivity index (χ0v) is 9.01. The first-order valence-electron chi connectivity index (χ1n) is 5.56. The van der Waals surface area contributed by atoms with E-state index in [-0.39, 0.29) is 0 Å². The topological polar surface area (TPSA) is 38.3 Å². The summed E-state index contributed by atoms with van der Waals surface area (Å²) in [6.45, 7) is 5.07. The van der Waals surface area contributed by atoms with E-state index >= 15 is 0 Å². The van der Waals surface area contributed by atoms with Gasteiger partial charge in [0.15, 0.2) is 5.78 Å². The van der Waals surface area contributed by atoms with Crippen LogP contribution in [0.2, 0.25) is 0 Å². The maximum Gasteiger partial charge on any atom is 0.167 e. The van der Waals surface area contributed by atoms with Gasteiger partial charge in [-0.05, 0) is 31.1 Å². The van der Waals surface area contributed by atoms with Crippen LogP contribution >= 0.6 is 0 Å². The fourth-order valence-electron chi connectivity index (χ4n) is 2.48. The van der Waals surface area contributed by atoms with Crippen molar-refractivity contribution in [1.82, 2.24) is 5.48 Å². The first-order chi connectivity index (χ1) is 6.62. The van der Waals surface area contributed by atoms with Crippen LogP contribution in [-0.2, 0) is 9.63 Å². The van der Waals surface area contributed by atoms with Gasteiger partial charge in [0.1, 0.15) is 5.60 Å². The summed E-state index contributed by atoms with van der Waals surface area (Å²) >= 11 is 0. The van der Waals surface area contributed by atoms with E-state index in [0.717, 1.165) is 32.2 Å². The zero-order chi connectivity index (χ0) is 10.2. The number of carbonyl (C=O) groups excluding carboxylic acids is 1. The summed E-state index contributed by atoms with van der Waals surface area (Å²) in [6, 6.07) is 0. The van der Waals surface area contributed by atoms with Crippen LogP contribution < -0.4 is 5.48 Å². The predicted octanol–water partition coefficient (Wildman–Crippen LogP) is 1.68. The van der Waals surface area contributed by atoms with Gasteiger partial charge >= 0.3 is 0 Å². The van der Waals surface area contributed by atoms with Crippen LogP contribution in [0.1, 0.15) is 39.5 Å². The number of rotatable bonds is 4. The summed E-state index contributed by atoms with van der Waals surface area (Å²) in [4.78, 5) is 17.3. The number of ketones is 1. The van der Waals surface area contributed by atoms with Gasteiger partial charge in [-0.2, -0.15) is 0 Å². The average molecular weight is 197 g/mol. The normalized spacial score (nSPS) is 35.9. The van der Waals surface area contributed by atoms with Gasteiger partial charge in [-0.1, -0.05) is 13.8 Å². The first-order valence-corrected chi connectivity index (χ1v) is 5.56. The third-order valence-electron chi connectivity index (χ3n) is 3.32. The molecule has 2 aliphatic carbocycles. The van der Waals surface area contributed by atoms with E-state index in [0.29, 0.717) is 17.6 Å². The van der Waals surface area contributed by atoms with Crippen molar-refractivity contribution in [3.8, 4) is 0 Å². The SMILES string of the molecule is CC(C)CNOC12CCC(CC1=O)C2. The van der Waals surface area contributed by atoms with Gasteiger partial charge in [-0.3, -0.25) is 9.63 Å². The Morgan fingerprint density at radius 1 is 1.64 bits per heavy atom. The fraction of sp³-hybridized carbons (Fsp3) is 0.909. The molecular formula is C11H19NO2. The number of fused-ring (bicyclic) bond motifs is 2. The van der Waals surface area contributed by atoms with Crippen LogP contribution in [0.25, 0.3) is 0 Å². The molecule has 0 radical (unpaired) electrons. The van der Waals surface area contributed by atoms with E-state index in [2.05, 4.69) is 19.3 Å². The summed E-state index contributed by atoms with van der Waals surface area (Å²) in [7, 11) is 0. The van der Waals surface area contributed by atoms with Crippen molar-refractivity contribution in [3.63, 3.8) is 0 Å². The predicted molar refractivity (Wildman–Crippen MR) is 53.6 cm³/mol. The molecule has 80 valence electrons. The second kappa shape index (κ2) is 3.63. The number of nitrogens with one attached hydrogen (secondary N) is 1. The molecule has 0 heterocycles. The molecule has 2 saturated carbocycles. The molecule has 2 fully saturated rings. The monoisotopic (exact) mass is 197 g/mol. The van der Waals surface area contributed by atoms with Crippen molar-refractivity contribution < 1.29 is 9.63 Å². The first kappa shape index (κ1) is 10.1. The molecule has 14 heavy (non-hydrogen) atoms.